The lowest BCUT2D eigenvalue weighted by molar-refractivity contribution is 0.0671. The first-order valence-corrected chi connectivity index (χ1v) is 10.5. The first-order valence-electron chi connectivity index (χ1n) is 9.18. The van der Waals surface area contributed by atoms with E-state index in [2.05, 4.69) is 17.2 Å². The van der Waals surface area contributed by atoms with Crippen LogP contribution < -0.4 is 5.32 Å². The molecular weight excluding hydrogens is 396 g/mol. The predicted octanol–water partition coefficient (Wildman–Crippen LogP) is 4.15. The highest BCUT2D eigenvalue weighted by Crippen LogP contribution is 2.21. The molecule has 1 fully saturated rings. The van der Waals surface area contributed by atoms with Gasteiger partial charge in [0, 0.05) is 48.6 Å². The third-order valence-corrected chi connectivity index (χ3v) is 5.77. The van der Waals surface area contributed by atoms with Crippen LogP contribution in [0.3, 0.4) is 0 Å². The average Bonchev–Trinajstić information content (AvgIpc) is 2.71. The number of aromatic nitrogens is 1. The number of anilines is 1. The van der Waals surface area contributed by atoms with Crippen molar-refractivity contribution >= 4 is 41.0 Å². The lowest BCUT2D eigenvalue weighted by Gasteiger charge is -2.34. The van der Waals surface area contributed by atoms with Crippen LogP contribution in [0, 0.1) is 6.92 Å². The molecule has 1 aliphatic heterocycles. The number of piperazine rings is 1. The van der Waals surface area contributed by atoms with Gasteiger partial charge in [0.15, 0.2) is 0 Å². The van der Waals surface area contributed by atoms with E-state index in [1.807, 2.05) is 25.1 Å². The summed E-state index contributed by atoms with van der Waals surface area (Å²) in [6.07, 6.45) is 1.67. The monoisotopic (exact) mass is 418 g/mol. The van der Waals surface area contributed by atoms with Crippen LogP contribution in [0.5, 0.6) is 0 Å². The molecule has 0 bridgehead atoms. The van der Waals surface area contributed by atoms with Gasteiger partial charge in [-0.1, -0.05) is 24.6 Å². The number of hydrogen-bond acceptors (Lipinski definition) is 4. The number of carbonyl (C=O) groups excluding carboxylic acids is 2. The van der Waals surface area contributed by atoms with Crippen molar-refractivity contribution in [3.05, 3.63) is 52.7 Å². The van der Waals surface area contributed by atoms with Crippen LogP contribution in [-0.4, -0.2) is 58.7 Å². The van der Waals surface area contributed by atoms with Gasteiger partial charge < -0.3 is 15.1 Å². The molecule has 0 atom stereocenters. The zero-order chi connectivity index (χ0) is 20.1. The first kappa shape index (κ1) is 20.5. The minimum Gasteiger partial charge on any atom is -0.335 e. The average molecular weight is 419 g/mol. The molecule has 0 saturated carbocycles. The summed E-state index contributed by atoms with van der Waals surface area (Å²) in [7, 11) is 0. The van der Waals surface area contributed by atoms with Gasteiger partial charge in [-0.3, -0.25) is 4.79 Å². The van der Waals surface area contributed by atoms with Gasteiger partial charge in [-0.25, -0.2) is 9.78 Å². The number of carbonyl (C=O) groups is 2. The highest BCUT2D eigenvalue weighted by Gasteiger charge is 2.25. The molecular formula is C20H23ClN4O2S. The summed E-state index contributed by atoms with van der Waals surface area (Å²) >= 11 is 7.72. The van der Waals surface area contributed by atoms with Crippen molar-refractivity contribution < 1.29 is 9.59 Å². The van der Waals surface area contributed by atoms with E-state index in [0.717, 1.165) is 16.3 Å². The minimum absolute atomic E-state index is 0.0225. The second-order valence-electron chi connectivity index (χ2n) is 6.49. The summed E-state index contributed by atoms with van der Waals surface area (Å²) in [5.74, 6) is 0.885. The number of benzene rings is 1. The number of rotatable bonds is 4. The van der Waals surface area contributed by atoms with Gasteiger partial charge >= 0.3 is 6.03 Å². The largest absolute Gasteiger partial charge is 0.335 e. The van der Waals surface area contributed by atoms with Crippen LogP contribution in [0.2, 0.25) is 5.02 Å². The molecule has 3 rings (SSSR count). The highest BCUT2D eigenvalue weighted by molar-refractivity contribution is 7.99. The fraction of sp³-hybridized carbons (Fsp3) is 0.350. The van der Waals surface area contributed by atoms with Crippen LogP contribution in [0.1, 0.15) is 22.8 Å². The molecule has 1 aromatic heterocycles. The van der Waals surface area contributed by atoms with Gasteiger partial charge in [-0.2, -0.15) is 0 Å². The molecule has 1 saturated heterocycles. The number of nitrogens with zero attached hydrogens (tertiary/aromatic N) is 3. The Morgan fingerprint density at radius 3 is 2.54 bits per heavy atom. The van der Waals surface area contributed by atoms with Gasteiger partial charge in [0.05, 0.1) is 5.03 Å². The molecule has 0 unspecified atom stereocenters. The Morgan fingerprint density at radius 2 is 1.86 bits per heavy atom. The number of hydrogen-bond donors (Lipinski definition) is 1. The topological polar surface area (TPSA) is 65.5 Å². The molecule has 1 N–H and O–H groups in total. The Kier molecular flexibility index (Phi) is 6.80. The van der Waals surface area contributed by atoms with Gasteiger partial charge in [0.25, 0.3) is 5.91 Å². The minimum atomic E-state index is -0.183. The van der Waals surface area contributed by atoms with Crippen molar-refractivity contribution in [3.8, 4) is 0 Å². The molecule has 3 amide bonds. The maximum atomic E-state index is 12.7. The van der Waals surface area contributed by atoms with Crippen molar-refractivity contribution in [2.45, 2.75) is 18.9 Å². The van der Waals surface area contributed by atoms with Crippen LogP contribution >= 0.6 is 23.4 Å². The van der Waals surface area contributed by atoms with E-state index < -0.39 is 0 Å². The fourth-order valence-corrected chi connectivity index (χ4v) is 3.76. The van der Waals surface area contributed by atoms with Crippen molar-refractivity contribution in [2.24, 2.45) is 0 Å². The van der Waals surface area contributed by atoms with Crippen LogP contribution in [0.15, 0.2) is 41.6 Å². The summed E-state index contributed by atoms with van der Waals surface area (Å²) in [5.41, 5.74) is 2.26. The Labute approximate surface area is 174 Å². The van der Waals surface area contributed by atoms with E-state index >= 15 is 0 Å². The van der Waals surface area contributed by atoms with E-state index in [1.54, 1.807) is 39.9 Å². The molecule has 0 aliphatic carbocycles. The van der Waals surface area contributed by atoms with E-state index in [4.69, 9.17) is 11.6 Å². The van der Waals surface area contributed by atoms with E-state index in [9.17, 15) is 9.59 Å². The molecule has 0 radical (unpaired) electrons. The molecule has 2 heterocycles. The maximum Gasteiger partial charge on any atom is 0.321 e. The summed E-state index contributed by atoms with van der Waals surface area (Å²) in [4.78, 5) is 33.0. The third kappa shape index (κ3) is 4.97. The number of urea groups is 1. The van der Waals surface area contributed by atoms with Crippen LogP contribution in [-0.2, 0) is 0 Å². The molecule has 1 aliphatic rings. The zero-order valence-electron chi connectivity index (χ0n) is 15.9. The van der Waals surface area contributed by atoms with Gasteiger partial charge in [-0.05, 0) is 42.5 Å². The normalized spacial score (nSPS) is 14.1. The number of aryl methyl sites for hydroxylation is 1. The predicted molar refractivity (Wildman–Crippen MR) is 113 cm³/mol. The van der Waals surface area contributed by atoms with Gasteiger partial charge in [-0.15, -0.1) is 11.8 Å². The molecule has 28 heavy (non-hydrogen) atoms. The Balaban J connectivity index is 1.56. The number of thioether (sulfide) groups is 1. The molecule has 8 heteroatoms. The maximum absolute atomic E-state index is 12.7. The fourth-order valence-electron chi connectivity index (χ4n) is 2.94. The second kappa shape index (κ2) is 9.30. The Bertz CT molecular complexity index is 869. The van der Waals surface area contributed by atoms with E-state index in [0.29, 0.717) is 42.5 Å². The van der Waals surface area contributed by atoms with Gasteiger partial charge in [0.1, 0.15) is 0 Å². The lowest BCUT2D eigenvalue weighted by atomic mass is 10.2. The SMILES string of the molecule is CCSc1cc(C(=O)N2CCN(C(=O)Nc3ccc(C)c(Cl)c3)CC2)ccn1. The van der Waals surface area contributed by atoms with Crippen molar-refractivity contribution in [3.63, 3.8) is 0 Å². The van der Waals surface area contributed by atoms with Crippen LogP contribution in [0.4, 0.5) is 10.5 Å². The van der Waals surface area contributed by atoms with Crippen LogP contribution in [0.25, 0.3) is 0 Å². The first-order chi connectivity index (χ1) is 13.5. The number of halogens is 1. The van der Waals surface area contributed by atoms with E-state index in [-0.39, 0.29) is 11.9 Å². The van der Waals surface area contributed by atoms with Crippen molar-refractivity contribution in [2.75, 3.05) is 37.2 Å². The van der Waals surface area contributed by atoms with Crippen molar-refractivity contribution in [1.82, 2.24) is 14.8 Å². The lowest BCUT2D eigenvalue weighted by Crippen LogP contribution is -2.51. The molecule has 6 nitrogen and oxygen atoms in total. The summed E-state index contributed by atoms with van der Waals surface area (Å²) in [6, 6.07) is 8.82. The molecule has 1 aromatic carbocycles. The molecule has 148 valence electrons. The summed E-state index contributed by atoms with van der Waals surface area (Å²) in [5, 5.41) is 4.33. The van der Waals surface area contributed by atoms with Crippen molar-refractivity contribution in [1.29, 1.82) is 0 Å². The molecule has 0 spiro atoms. The highest BCUT2D eigenvalue weighted by atomic mass is 35.5. The number of nitrogens with one attached hydrogen (secondary N) is 1. The number of amides is 3. The summed E-state index contributed by atoms with van der Waals surface area (Å²) < 4.78 is 0. The Morgan fingerprint density at radius 1 is 1.14 bits per heavy atom. The Hall–Kier alpha value is -2.25. The number of pyridine rings is 1. The quantitative estimate of drug-likeness (QED) is 0.757. The summed E-state index contributed by atoms with van der Waals surface area (Å²) in [6.45, 7) is 5.93. The second-order valence-corrected chi connectivity index (χ2v) is 8.18. The standard InChI is InChI=1S/C20H23ClN4O2S/c1-3-28-18-12-15(6-7-22-18)19(26)24-8-10-25(11-9-24)20(27)23-16-5-4-14(2)17(21)13-16/h4-7,12-13H,3,8-11H2,1-2H3,(H,23,27). The smallest absolute Gasteiger partial charge is 0.321 e. The zero-order valence-corrected chi connectivity index (χ0v) is 17.5. The third-order valence-electron chi connectivity index (χ3n) is 4.55. The molecule has 2 aromatic rings. The van der Waals surface area contributed by atoms with Gasteiger partial charge in [0.2, 0.25) is 0 Å². The van der Waals surface area contributed by atoms with E-state index in [1.165, 1.54) is 0 Å².